The van der Waals surface area contributed by atoms with Crippen molar-refractivity contribution in [3.05, 3.63) is 35.4 Å². The first-order valence-corrected chi connectivity index (χ1v) is 8.74. The molecule has 0 aliphatic heterocycles. The Labute approximate surface area is 141 Å². The molecule has 0 amide bonds. The van der Waals surface area contributed by atoms with Crippen molar-refractivity contribution >= 4 is 15.7 Å². The van der Waals surface area contributed by atoms with Crippen LogP contribution in [0.4, 0.5) is 0 Å². The van der Waals surface area contributed by atoms with Gasteiger partial charge in [0.2, 0.25) is 0 Å². The molecule has 2 atom stereocenters. The molecule has 1 aromatic carbocycles. The first-order valence-electron chi connectivity index (χ1n) is 8.74. The first-order chi connectivity index (χ1) is 9.62. The van der Waals surface area contributed by atoms with Crippen molar-refractivity contribution in [2.75, 3.05) is 0 Å². The Hall–Kier alpha value is -0.650. The average Bonchev–Trinajstić information content (AvgIpc) is 2.22. The lowest BCUT2D eigenvalue weighted by molar-refractivity contribution is 0.323. The summed E-state index contributed by atoms with van der Waals surface area (Å²) in [4.78, 5) is 0. The van der Waals surface area contributed by atoms with E-state index in [0.717, 1.165) is 0 Å². The van der Waals surface area contributed by atoms with Crippen LogP contribution in [0.1, 0.15) is 79.4 Å². The number of rotatable bonds is 4. The maximum atomic E-state index is 2.46. The van der Waals surface area contributed by atoms with Crippen molar-refractivity contribution < 1.29 is 0 Å². The topological polar surface area (TPSA) is 0 Å². The van der Waals surface area contributed by atoms with Gasteiger partial charge in [-0.25, -0.2) is 0 Å². The van der Waals surface area contributed by atoms with Crippen molar-refractivity contribution in [2.45, 2.75) is 78.9 Å². The molecule has 0 nitrogen and oxygen atoms in total. The van der Waals surface area contributed by atoms with E-state index in [9.17, 15) is 0 Å². The fourth-order valence-electron chi connectivity index (χ4n) is 4.22. The lowest BCUT2D eigenvalue weighted by atomic mass is 9.56. The number of benzene rings is 1. The summed E-state index contributed by atoms with van der Waals surface area (Å²) in [5, 5.41) is 0.429. The van der Waals surface area contributed by atoms with E-state index in [4.69, 9.17) is 0 Å². The zero-order valence-electron chi connectivity index (χ0n) is 16.7. The highest BCUT2D eigenvalue weighted by molar-refractivity contribution is 6.16. The minimum Gasteiger partial charge on any atom is -0.0630 e. The summed E-state index contributed by atoms with van der Waals surface area (Å²) >= 11 is 0. The monoisotopic (exact) mass is 298 g/mol. The molecular weight excluding hydrogens is 262 g/mol. The van der Waals surface area contributed by atoms with Gasteiger partial charge in [0.15, 0.2) is 0 Å². The average molecular weight is 298 g/mol. The van der Waals surface area contributed by atoms with Crippen LogP contribution in [0, 0.1) is 10.8 Å². The Kier molecular flexibility index (Phi) is 5.38. The molecule has 122 valence electrons. The lowest BCUT2D eigenvalue weighted by Gasteiger charge is -2.36. The zero-order valence-corrected chi connectivity index (χ0v) is 16.7. The van der Waals surface area contributed by atoms with E-state index in [1.54, 1.807) is 0 Å². The zero-order chi connectivity index (χ0) is 17.4. The van der Waals surface area contributed by atoms with Gasteiger partial charge >= 0.3 is 0 Å². The van der Waals surface area contributed by atoms with Crippen molar-refractivity contribution in [1.29, 1.82) is 0 Å². The van der Waals surface area contributed by atoms with E-state index in [0.29, 0.717) is 10.8 Å². The first kappa shape index (κ1) is 19.4. The van der Waals surface area contributed by atoms with Crippen molar-refractivity contribution in [1.82, 2.24) is 0 Å². The van der Waals surface area contributed by atoms with E-state index in [-0.39, 0.29) is 10.6 Å². The molecule has 0 radical (unpaired) electrons. The molecule has 0 heterocycles. The minimum absolute atomic E-state index is 0.214. The minimum atomic E-state index is 0.214. The molecule has 0 spiro atoms. The third-order valence-corrected chi connectivity index (χ3v) is 4.37. The third kappa shape index (κ3) is 5.86. The van der Waals surface area contributed by atoms with Gasteiger partial charge in [0.1, 0.15) is 15.7 Å². The molecule has 0 fully saturated rings. The summed E-state index contributed by atoms with van der Waals surface area (Å²) in [5.74, 6) is 0. The van der Waals surface area contributed by atoms with Gasteiger partial charge in [0.05, 0.1) is 0 Å². The van der Waals surface area contributed by atoms with E-state index >= 15 is 0 Å². The smallest absolute Gasteiger partial charge is 0.0630 e. The fraction of sp³-hybridized carbons (Fsp3) is 0.700. The highest BCUT2D eigenvalue weighted by atomic mass is 14.3. The van der Waals surface area contributed by atoms with Crippen LogP contribution in [-0.4, -0.2) is 15.7 Å². The summed E-state index contributed by atoms with van der Waals surface area (Å²) in [5.41, 5.74) is 3.64. The van der Waals surface area contributed by atoms with Gasteiger partial charge in [0.25, 0.3) is 0 Å². The Bertz CT molecular complexity index is 456. The van der Waals surface area contributed by atoms with Crippen LogP contribution < -0.4 is 0 Å². The second-order valence-corrected chi connectivity index (χ2v) is 10.8. The normalized spacial score (nSPS) is 18.5. The van der Waals surface area contributed by atoms with Gasteiger partial charge < -0.3 is 0 Å². The van der Waals surface area contributed by atoms with Gasteiger partial charge in [-0.3, -0.25) is 0 Å². The van der Waals surface area contributed by atoms with Gasteiger partial charge in [-0.2, -0.15) is 0 Å². The molecule has 0 aliphatic rings. The Balaban J connectivity index is 3.14. The lowest BCUT2D eigenvalue weighted by Crippen LogP contribution is -2.31. The van der Waals surface area contributed by atoms with E-state index in [1.807, 2.05) is 0 Å². The van der Waals surface area contributed by atoms with Crippen LogP contribution in [0.25, 0.3) is 0 Å². The maximum absolute atomic E-state index is 2.46. The molecule has 1 rings (SSSR count). The molecule has 0 aromatic heterocycles. The van der Waals surface area contributed by atoms with Crippen molar-refractivity contribution in [3.8, 4) is 0 Å². The van der Waals surface area contributed by atoms with Gasteiger partial charge in [0, 0.05) is 0 Å². The highest BCUT2D eigenvalue weighted by Crippen LogP contribution is 2.38. The SMILES string of the molecule is BC(C)(CC(C)(C)C)c1cccc(C(B)(C)CC(C)(C)C)c1. The van der Waals surface area contributed by atoms with Crippen molar-refractivity contribution in [3.63, 3.8) is 0 Å². The summed E-state index contributed by atoms with van der Waals surface area (Å²) in [6.45, 7) is 18.8. The second-order valence-electron chi connectivity index (χ2n) is 10.8. The largest absolute Gasteiger partial charge is 0.114 e. The van der Waals surface area contributed by atoms with Crippen LogP contribution in [0.5, 0.6) is 0 Å². The quantitative estimate of drug-likeness (QED) is 0.729. The highest BCUT2D eigenvalue weighted by Gasteiger charge is 2.30. The van der Waals surface area contributed by atoms with Crippen LogP contribution in [0.3, 0.4) is 0 Å². The number of hydrogen-bond acceptors (Lipinski definition) is 0. The van der Waals surface area contributed by atoms with Crippen LogP contribution >= 0.6 is 0 Å². The van der Waals surface area contributed by atoms with E-state index in [2.05, 4.69) is 95.3 Å². The second kappa shape index (κ2) is 6.10. The predicted molar refractivity (Wildman–Crippen MR) is 106 cm³/mol. The molecule has 2 unspecified atom stereocenters. The predicted octanol–water partition coefficient (Wildman–Crippen LogP) is 4.26. The van der Waals surface area contributed by atoms with E-state index in [1.165, 1.54) is 24.0 Å². The van der Waals surface area contributed by atoms with Crippen LogP contribution in [-0.2, 0) is 10.6 Å². The molecule has 0 saturated carbocycles. The van der Waals surface area contributed by atoms with Crippen molar-refractivity contribution in [2.24, 2.45) is 10.8 Å². The van der Waals surface area contributed by atoms with E-state index < -0.39 is 0 Å². The standard InChI is InChI=1S/C20H36B2/c1-17(2,3)13-19(7,21)15-10-9-11-16(12-15)20(8,22)14-18(4,5)6/h9-12H,13-14,21-22H2,1-8H3. The van der Waals surface area contributed by atoms with Gasteiger partial charge in [-0.15, -0.1) is 0 Å². The van der Waals surface area contributed by atoms with Gasteiger partial charge in [-0.05, 0) is 45.4 Å². The fourth-order valence-corrected chi connectivity index (χ4v) is 4.22. The Morgan fingerprint density at radius 3 is 1.27 bits per heavy atom. The molecule has 0 saturated heterocycles. The molecule has 0 aliphatic carbocycles. The molecule has 0 bridgehead atoms. The summed E-state index contributed by atoms with van der Waals surface area (Å²) < 4.78 is 0. The third-order valence-electron chi connectivity index (χ3n) is 4.37. The Morgan fingerprint density at radius 1 is 0.682 bits per heavy atom. The van der Waals surface area contributed by atoms with Gasteiger partial charge in [-0.1, -0.05) is 79.7 Å². The molecule has 2 heteroatoms. The Morgan fingerprint density at radius 2 is 1.00 bits per heavy atom. The summed E-state index contributed by atoms with van der Waals surface area (Å²) in [6.07, 6.45) is 2.40. The van der Waals surface area contributed by atoms with Crippen LogP contribution in [0.15, 0.2) is 24.3 Å². The molecule has 1 aromatic rings. The molecule has 0 N–H and O–H groups in total. The molecular formula is C20H36B2. The summed E-state index contributed by atoms with van der Waals surface area (Å²) in [6, 6.07) is 9.32. The number of hydrogen-bond donors (Lipinski definition) is 0. The summed E-state index contributed by atoms with van der Waals surface area (Å²) in [7, 11) is 4.77. The maximum Gasteiger partial charge on any atom is 0.114 e. The van der Waals surface area contributed by atoms with Crippen LogP contribution in [0.2, 0.25) is 0 Å². The molecule has 22 heavy (non-hydrogen) atoms.